The Balaban J connectivity index is 0.000000110. The fourth-order valence-electron chi connectivity index (χ4n) is 22.0. The molecule has 0 N–H and O–H groups in total. The van der Waals surface area contributed by atoms with Gasteiger partial charge >= 0.3 is 0 Å². The zero-order valence-electron chi connectivity index (χ0n) is 81.3. The molecule has 28 aromatic rings. The maximum atomic E-state index is 6.19. The highest BCUT2D eigenvalue weighted by atomic mass is 16.3. The van der Waals surface area contributed by atoms with Gasteiger partial charge in [0.15, 0.2) is 0 Å². The van der Waals surface area contributed by atoms with Gasteiger partial charge in [0.05, 0.1) is 38.5 Å². The molecule has 8 aromatic heterocycles. The zero-order chi connectivity index (χ0) is 99.0. The van der Waals surface area contributed by atoms with Crippen LogP contribution in [0, 0.1) is 0 Å². The molecule has 0 amide bonds. The molecule has 704 valence electrons. The van der Waals surface area contributed by atoms with E-state index in [0.29, 0.717) is 23.6 Å². The third-order valence-electron chi connectivity index (χ3n) is 29.1. The first kappa shape index (κ1) is 88.0. The van der Waals surface area contributed by atoms with Crippen LogP contribution in [0.4, 0.5) is 52.0 Å². The number of benzene rings is 20. The molecule has 14 nitrogen and oxygen atoms in total. The van der Waals surface area contributed by atoms with Crippen LogP contribution in [0.15, 0.2) is 531 Å². The number of hydrogen-bond acceptors (Lipinski definition) is 11. The predicted octanol–water partition coefficient (Wildman–Crippen LogP) is 35.6. The van der Waals surface area contributed by atoms with E-state index in [9.17, 15) is 0 Å². The summed E-state index contributed by atoms with van der Waals surface area (Å²) in [7, 11) is 0. The Morgan fingerprint density at radius 1 is 0.201 bits per heavy atom. The molecule has 1 aliphatic carbocycles. The third-order valence-corrected chi connectivity index (χ3v) is 29.1. The summed E-state index contributed by atoms with van der Waals surface area (Å²) in [4.78, 5) is 36.5. The average Bonchev–Trinajstić information content (AvgIpc) is 1.60. The first-order valence-electron chi connectivity index (χ1n) is 50.2. The van der Waals surface area contributed by atoms with Crippen molar-refractivity contribution in [2.75, 3.05) is 14.7 Å². The molecule has 0 saturated heterocycles. The normalized spacial score (nSPS) is 12.0. The van der Waals surface area contributed by atoms with Gasteiger partial charge in [0.2, 0.25) is 23.6 Å². The van der Waals surface area contributed by atoms with E-state index in [-0.39, 0.29) is 5.41 Å². The standard InChI is InChI=1S/C49H36N4.C46H30N4O.C40H26N4O/c1-49(2)44-19-11-9-17-40(44)41-27-23-35(29-45(41)49)36-31-50-48(51-32-36)52(38-24-21-34(22-25-38)33-13-5-3-6-14-33)39-26-28-47-43(30-39)42-18-10-12-20-46(42)53(47)37-15-7-4-8-16-37;1-3-12-31(13-4-1)32-22-24-35(25-23-32)49(36-26-27-42-40(28-36)38-16-7-9-19-41(38)50(42)34-14-5-2-6-15-34)46-47-29-33(30-48-46)37-18-11-21-44-45(37)39-17-8-10-20-43(39)51-44;1-3-11-27(12-4-1)28-19-21-30(22-20-28)43(40-41-26-35-33-16-8-10-18-38(33)45-39(35)42-40)31-23-24-37-34(25-31)32-15-7-9-17-36(32)44(37)29-13-5-2-6-14-29/h3-32H,1-2H3;1-30H;1-26H. The zero-order valence-corrected chi connectivity index (χ0v) is 81.3. The number of nitrogens with zero attached hydrogens (tertiary/aromatic N) is 12. The monoisotopic (exact) mass is 1910 g/mol. The third kappa shape index (κ3) is 15.8. The van der Waals surface area contributed by atoms with E-state index in [1.54, 1.807) is 0 Å². The van der Waals surface area contributed by atoms with Crippen LogP contribution >= 0.6 is 0 Å². The van der Waals surface area contributed by atoms with Crippen LogP contribution < -0.4 is 14.7 Å². The second-order valence-electron chi connectivity index (χ2n) is 38.2. The Morgan fingerprint density at radius 3 is 0.973 bits per heavy atom. The largest absolute Gasteiger partial charge is 0.456 e. The molecule has 149 heavy (non-hydrogen) atoms. The quantitative estimate of drug-likeness (QED) is 0.0864. The van der Waals surface area contributed by atoms with E-state index in [1.807, 2.05) is 104 Å². The van der Waals surface area contributed by atoms with E-state index in [1.165, 1.54) is 66.0 Å². The number of aromatic nitrogens is 9. The van der Waals surface area contributed by atoms with Gasteiger partial charge in [0, 0.05) is 147 Å². The fraction of sp³-hybridized carbons (Fsp3) is 0.0222. The first-order valence-corrected chi connectivity index (χ1v) is 50.2. The molecule has 0 fully saturated rings. The van der Waals surface area contributed by atoms with Crippen molar-refractivity contribution in [3.8, 4) is 83.8 Å². The van der Waals surface area contributed by atoms with Crippen molar-refractivity contribution >= 4 is 161 Å². The van der Waals surface area contributed by atoms with Crippen LogP contribution in [0.2, 0.25) is 0 Å². The number of rotatable bonds is 17. The lowest BCUT2D eigenvalue weighted by Crippen LogP contribution is -2.15. The van der Waals surface area contributed by atoms with E-state index < -0.39 is 0 Å². The summed E-state index contributed by atoms with van der Waals surface area (Å²) in [6, 6.07) is 172. The Morgan fingerprint density at radius 2 is 0.523 bits per heavy atom. The Hall–Kier alpha value is -20.0. The maximum absolute atomic E-state index is 6.19. The average molecular weight is 1910 g/mol. The molecule has 0 saturated carbocycles. The molecule has 0 aliphatic heterocycles. The molecule has 14 heteroatoms. The van der Waals surface area contributed by atoms with E-state index >= 15 is 0 Å². The summed E-state index contributed by atoms with van der Waals surface area (Å²) in [6.07, 6.45) is 9.64. The molecule has 29 rings (SSSR count). The lowest BCUT2D eigenvalue weighted by Gasteiger charge is -2.24. The van der Waals surface area contributed by atoms with Gasteiger partial charge in [-0.05, 0) is 237 Å². The highest BCUT2D eigenvalue weighted by Gasteiger charge is 2.36. The van der Waals surface area contributed by atoms with E-state index in [0.717, 1.165) is 167 Å². The molecule has 1 aliphatic rings. The van der Waals surface area contributed by atoms with Crippen LogP contribution in [-0.2, 0) is 5.41 Å². The minimum atomic E-state index is -0.0757. The highest BCUT2D eigenvalue weighted by Crippen LogP contribution is 2.52. The second-order valence-corrected chi connectivity index (χ2v) is 38.2. The Kier molecular flexibility index (Phi) is 21.9. The molecule has 8 heterocycles. The fourth-order valence-corrected chi connectivity index (χ4v) is 22.0. The van der Waals surface area contributed by atoms with Gasteiger partial charge in [0.1, 0.15) is 16.7 Å². The summed E-state index contributed by atoms with van der Waals surface area (Å²) in [5.41, 5.74) is 35.6. The van der Waals surface area contributed by atoms with Gasteiger partial charge in [-0.1, -0.05) is 335 Å². The van der Waals surface area contributed by atoms with Gasteiger partial charge in [-0.15, -0.1) is 0 Å². The summed E-state index contributed by atoms with van der Waals surface area (Å²) in [5.74, 6) is 1.74. The van der Waals surface area contributed by atoms with Gasteiger partial charge in [-0.2, -0.15) is 4.98 Å². The van der Waals surface area contributed by atoms with Crippen molar-refractivity contribution in [1.82, 2.24) is 43.6 Å². The van der Waals surface area contributed by atoms with Crippen LogP contribution in [0.25, 0.3) is 193 Å². The number of fused-ring (bicyclic) bond motifs is 18. The van der Waals surface area contributed by atoms with Crippen LogP contribution in [-0.4, -0.2) is 43.6 Å². The second kappa shape index (κ2) is 37.1. The minimum absolute atomic E-state index is 0.0757. The van der Waals surface area contributed by atoms with E-state index in [4.69, 9.17) is 38.7 Å². The van der Waals surface area contributed by atoms with Crippen molar-refractivity contribution < 1.29 is 8.83 Å². The summed E-state index contributed by atoms with van der Waals surface area (Å²) in [5, 5.41) is 11.1. The number of furan rings is 2. The van der Waals surface area contributed by atoms with Crippen molar-refractivity contribution in [3.63, 3.8) is 0 Å². The minimum Gasteiger partial charge on any atom is -0.456 e. The first-order chi connectivity index (χ1) is 73.7. The Labute approximate surface area is 859 Å². The van der Waals surface area contributed by atoms with Crippen molar-refractivity contribution in [1.29, 1.82) is 0 Å². The number of para-hydroxylation sites is 8. The summed E-state index contributed by atoms with van der Waals surface area (Å²) >= 11 is 0. The van der Waals surface area contributed by atoms with Crippen molar-refractivity contribution in [2.45, 2.75) is 19.3 Å². The molecule has 0 radical (unpaired) electrons. The van der Waals surface area contributed by atoms with Gasteiger partial charge in [-0.3, -0.25) is 14.7 Å². The molecule has 20 aromatic carbocycles. The Bertz CT molecular complexity index is 9910. The lowest BCUT2D eigenvalue weighted by atomic mass is 9.82. The molecule has 0 spiro atoms. The van der Waals surface area contributed by atoms with Crippen LogP contribution in [0.5, 0.6) is 0 Å². The van der Waals surface area contributed by atoms with Gasteiger partial charge < -0.3 is 22.5 Å². The summed E-state index contributed by atoms with van der Waals surface area (Å²) < 4.78 is 19.4. The summed E-state index contributed by atoms with van der Waals surface area (Å²) in [6.45, 7) is 4.63. The molecule has 0 atom stereocenters. The maximum Gasteiger partial charge on any atom is 0.237 e. The van der Waals surface area contributed by atoms with Gasteiger partial charge in [0.25, 0.3) is 0 Å². The SMILES string of the molecule is CC1(C)c2ccccc2-c2ccc(-c3cnc(N(c4ccc(-c5ccccc5)cc4)c4ccc5c(c4)c4ccccc4n5-c4ccccc4)nc3)cc21.c1ccc(-c2ccc(N(c3ccc4c(c3)c3ccccc3n4-c3ccccc3)c3ncc(-c4cccc5oc6ccccc6c45)cn3)cc2)cc1.c1ccc(-c2ccc(N(c3ccc4c(c3)c3ccccc3n4-c3ccccc3)c3ncc4c(n3)oc3ccccc34)cc2)cc1. The predicted molar refractivity (Wildman–Crippen MR) is 612 cm³/mol. The molecular weight excluding hydrogens is 1820 g/mol. The van der Waals surface area contributed by atoms with Crippen molar-refractivity contribution in [3.05, 3.63) is 533 Å². The van der Waals surface area contributed by atoms with Crippen LogP contribution in [0.3, 0.4) is 0 Å². The lowest BCUT2D eigenvalue weighted by molar-refractivity contribution is 0.653. The number of anilines is 9. The van der Waals surface area contributed by atoms with Gasteiger partial charge in [-0.25, -0.2) is 24.9 Å². The highest BCUT2D eigenvalue weighted by molar-refractivity contribution is 6.15. The topological polar surface area (TPSA) is 128 Å². The van der Waals surface area contributed by atoms with Crippen LogP contribution in [0.1, 0.15) is 25.0 Å². The molecule has 0 unspecified atom stereocenters. The molecule has 0 bridgehead atoms. The van der Waals surface area contributed by atoms with E-state index in [2.05, 4.69) is 461 Å². The smallest absolute Gasteiger partial charge is 0.237 e. The number of hydrogen-bond donors (Lipinski definition) is 0. The molecular formula is C135H92N12O2. The van der Waals surface area contributed by atoms with Crippen molar-refractivity contribution in [2.24, 2.45) is 0 Å².